The van der Waals surface area contributed by atoms with Crippen LogP contribution in [-0.4, -0.2) is 48.9 Å². The van der Waals surface area contributed by atoms with Crippen LogP contribution in [0, 0.1) is 0 Å². The zero-order valence-corrected chi connectivity index (χ0v) is 14.6. The summed E-state index contributed by atoms with van der Waals surface area (Å²) in [5, 5.41) is 0. The first-order chi connectivity index (χ1) is 11.4. The van der Waals surface area contributed by atoms with E-state index in [2.05, 4.69) is 4.40 Å². The molecule has 24 heavy (non-hydrogen) atoms. The van der Waals surface area contributed by atoms with Gasteiger partial charge in [0, 0.05) is 19.6 Å². The Morgan fingerprint density at radius 3 is 2.88 bits per heavy atom. The molecule has 0 N–H and O–H groups in total. The second-order valence-corrected chi connectivity index (χ2v) is 7.61. The molecule has 1 saturated heterocycles. The Balaban J connectivity index is 1.98. The highest BCUT2D eigenvalue weighted by molar-refractivity contribution is 7.88. The van der Waals surface area contributed by atoms with Gasteiger partial charge in [-0.25, -0.2) is 4.31 Å². The Kier molecular flexibility index (Phi) is 4.49. The molecule has 0 radical (unpaired) electrons. The third-order valence-corrected chi connectivity index (χ3v) is 5.84. The average Bonchev–Trinajstić information content (AvgIpc) is 3.11. The molecule has 2 aliphatic rings. The zero-order valence-electron chi connectivity index (χ0n) is 13.8. The number of rotatable bonds is 3. The summed E-state index contributed by atoms with van der Waals surface area (Å²) in [7, 11) is -2.59. The van der Waals surface area contributed by atoms with E-state index in [0.717, 1.165) is 30.0 Å². The van der Waals surface area contributed by atoms with Crippen LogP contribution in [0.4, 0.5) is 0 Å². The molecule has 0 saturated carbocycles. The Bertz CT molecular complexity index is 780. The summed E-state index contributed by atoms with van der Waals surface area (Å²) < 4.78 is 34.6. The fraction of sp³-hybridized carbons (Fsp3) is 0.500. The molecule has 1 aromatic heterocycles. The van der Waals surface area contributed by atoms with Crippen molar-refractivity contribution in [3.63, 3.8) is 0 Å². The van der Waals surface area contributed by atoms with Crippen LogP contribution in [0.3, 0.4) is 0 Å². The maximum Gasteiger partial charge on any atom is 0.345 e. The fourth-order valence-corrected chi connectivity index (χ4v) is 4.03. The second kappa shape index (κ2) is 6.43. The van der Waals surface area contributed by atoms with E-state index in [9.17, 15) is 13.2 Å². The predicted molar refractivity (Wildman–Crippen MR) is 89.7 cm³/mol. The lowest BCUT2D eigenvalue weighted by Gasteiger charge is -2.37. The zero-order chi connectivity index (χ0) is 17.3. The molecular weight excluding hydrogens is 330 g/mol. The molecule has 1 atom stereocenters. The van der Waals surface area contributed by atoms with Gasteiger partial charge in [0.1, 0.15) is 11.4 Å². The topological polar surface area (TPSA) is 83.2 Å². The van der Waals surface area contributed by atoms with Crippen molar-refractivity contribution in [2.75, 3.05) is 13.6 Å². The molecule has 1 aromatic rings. The molecule has 3 heterocycles. The van der Waals surface area contributed by atoms with Gasteiger partial charge in [0.2, 0.25) is 0 Å². The van der Waals surface area contributed by atoms with Crippen molar-refractivity contribution in [1.82, 2.24) is 9.21 Å². The molecule has 130 valence electrons. The quantitative estimate of drug-likeness (QED) is 0.833. The molecular formula is C16H21N3O4S. The summed E-state index contributed by atoms with van der Waals surface area (Å²) in [5.41, 5.74) is 0.253. The van der Waals surface area contributed by atoms with Gasteiger partial charge < -0.3 is 9.32 Å². The van der Waals surface area contributed by atoms with Crippen molar-refractivity contribution in [1.29, 1.82) is 0 Å². The number of amides is 1. The van der Waals surface area contributed by atoms with E-state index in [1.165, 1.54) is 19.4 Å². The van der Waals surface area contributed by atoms with E-state index >= 15 is 0 Å². The minimum absolute atomic E-state index is 0.108. The fourth-order valence-electron chi connectivity index (χ4n) is 3.13. The molecule has 3 rings (SSSR count). The highest BCUT2D eigenvalue weighted by atomic mass is 32.2. The average molecular weight is 351 g/mol. The van der Waals surface area contributed by atoms with Gasteiger partial charge in [-0.1, -0.05) is 6.92 Å². The molecule has 0 bridgehead atoms. The highest BCUT2D eigenvalue weighted by Crippen LogP contribution is 2.26. The summed E-state index contributed by atoms with van der Waals surface area (Å²) in [4.78, 5) is 14.8. The number of hydrogen-bond donors (Lipinski definition) is 0. The van der Waals surface area contributed by atoms with Crippen molar-refractivity contribution < 1.29 is 17.6 Å². The molecule has 7 nitrogen and oxygen atoms in total. The highest BCUT2D eigenvalue weighted by Gasteiger charge is 2.35. The van der Waals surface area contributed by atoms with E-state index < -0.39 is 10.2 Å². The summed E-state index contributed by atoms with van der Waals surface area (Å²) in [5.74, 6) is 0.0502. The first kappa shape index (κ1) is 16.8. The van der Waals surface area contributed by atoms with Gasteiger partial charge in [-0.2, -0.15) is 8.42 Å². The second-order valence-electron chi connectivity index (χ2n) is 5.99. The smallest absolute Gasteiger partial charge is 0.345 e. The lowest BCUT2D eigenvalue weighted by atomic mass is 9.99. The van der Waals surface area contributed by atoms with E-state index in [1.807, 2.05) is 6.92 Å². The lowest BCUT2D eigenvalue weighted by Crippen LogP contribution is -2.47. The van der Waals surface area contributed by atoms with Crippen LogP contribution >= 0.6 is 0 Å². The van der Waals surface area contributed by atoms with Crippen LogP contribution in [0.1, 0.15) is 38.4 Å². The minimum atomic E-state index is -3.95. The van der Waals surface area contributed by atoms with Crippen molar-refractivity contribution in [2.24, 2.45) is 4.40 Å². The normalized spacial score (nSPS) is 23.7. The van der Waals surface area contributed by atoms with Gasteiger partial charge in [-0.3, -0.25) is 4.79 Å². The van der Waals surface area contributed by atoms with Crippen LogP contribution in [-0.2, 0) is 15.0 Å². The first-order valence-corrected chi connectivity index (χ1v) is 9.49. The Morgan fingerprint density at radius 2 is 2.21 bits per heavy atom. The SMILES string of the molecule is CCC1CCCCN1C(=O)C1=CC(c2ccco2)=NS(=O)(=O)N1C. The molecule has 0 spiro atoms. The van der Waals surface area contributed by atoms with Gasteiger partial charge in [0.15, 0.2) is 5.76 Å². The van der Waals surface area contributed by atoms with E-state index in [1.54, 1.807) is 17.0 Å². The number of allylic oxidation sites excluding steroid dienone is 1. The predicted octanol–water partition coefficient (Wildman–Crippen LogP) is 1.93. The maximum absolute atomic E-state index is 13.0. The van der Waals surface area contributed by atoms with Crippen LogP contribution in [0.5, 0.6) is 0 Å². The van der Waals surface area contributed by atoms with Gasteiger partial charge >= 0.3 is 10.2 Å². The van der Waals surface area contributed by atoms with Crippen LogP contribution in [0.25, 0.3) is 0 Å². The molecule has 1 fully saturated rings. The summed E-state index contributed by atoms with van der Waals surface area (Å²) in [6.07, 6.45) is 6.76. The number of carbonyl (C=O) groups excluding carboxylic acids is 1. The number of furan rings is 1. The van der Waals surface area contributed by atoms with Crippen molar-refractivity contribution in [3.05, 3.63) is 35.9 Å². The molecule has 2 aliphatic heterocycles. The molecule has 1 unspecified atom stereocenters. The molecule has 0 aromatic carbocycles. The third-order valence-electron chi connectivity index (χ3n) is 4.52. The number of piperidine rings is 1. The van der Waals surface area contributed by atoms with Gasteiger partial charge in [0.05, 0.1) is 6.26 Å². The monoisotopic (exact) mass is 351 g/mol. The van der Waals surface area contributed by atoms with E-state index in [0.29, 0.717) is 12.3 Å². The van der Waals surface area contributed by atoms with Crippen molar-refractivity contribution >= 4 is 21.8 Å². The van der Waals surface area contributed by atoms with E-state index in [-0.39, 0.29) is 23.4 Å². The Hall–Kier alpha value is -2.09. The van der Waals surface area contributed by atoms with Crippen molar-refractivity contribution in [2.45, 2.75) is 38.6 Å². The number of nitrogens with zero attached hydrogens (tertiary/aromatic N) is 3. The van der Waals surface area contributed by atoms with Gasteiger partial charge in [-0.05, 0) is 43.9 Å². The van der Waals surface area contributed by atoms with Gasteiger partial charge in [0.25, 0.3) is 5.91 Å². The van der Waals surface area contributed by atoms with Crippen LogP contribution in [0.2, 0.25) is 0 Å². The first-order valence-electron chi connectivity index (χ1n) is 8.09. The summed E-state index contributed by atoms with van der Waals surface area (Å²) in [6.45, 7) is 2.69. The Labute approximate surface area is 141 Å². The number of likely N-dealkylation sites (N-methyl/N-ethyl adjacent to an activating group) is 1. The minimum Gasteiger partial charge on any atom is -0.463 e. The molecule has 1 amide bonds. The van der Waals surface area contributed by atoms with Gasteiger partial charge in [-0.15, -0.1) is 4.40 Å². The number of carbonyl (C=O) groups is 1. The summed E-state index contributed by atoms with van der Waals surface area (Å²) >= 11 is 0. The largest absolute Gasteiger partial charge is 0.463 e. The van der Waals surface area contributed by atoms with Crippen LogP contribution in [0.15, 0.2) is 39.0 Å². The lowest BCUT2D eigenvalue weighted by molar-refractivity contribution is -0.131. The molecule has 8 heteroatoms. The van der Waals surface area contributed by atoms with Crippen molar-refractivity contribution in [3.8, 4) is 0 Å². The molecule has 0 aliphatic carbocycles. The number of hydrogen-bond acceptors (Lipinski definition) is 4. The number of likely N-dealkylation sites (tertiary alicyclic amines) is 1. The van der Waals surface area contributed by atoms with E-state index in [4.69, 9.17) is 4.42 Å². The third kappa shape index (κ3) is 2.98. The Morgan fingerprint density at radius 1 is 1.42 bits per heavy atom. The standard InChI is InChI=1S/C16H21N3O4S/c1-3-12-7-4-5-9-19(12)16(20)14-11-13(15-8-6-10-23-15)17-24(21,22)18(14)2/h6,8,10-12H,3-5,7,9H2,1-2H3. The van der Waals surface area contributed by atoms with Crippen LogP contribution < -0.4 is 0 Å². The summed E-state index contributed by atoms with van der Waals surface area (Å²) in [6, 6.07) is 3.42. The maximum atomic E-state index is 13.0.